The van der Waals surface area contributed by atoms with Crippen molar-refractivity contribution in [3.63, 3.8) is 0 Å². The highest BCUT2D eigenvalue weighted by atomic mass is 16.6. The first-order chi connectivity index (χ1) is 12.4. The molecule has 5 nitrogen and oxygen atoms in total. The van der Waals surface area contributed by atoms with Gasteiger partial charge in [-0.25, -0.2) is 9.59 Å². The molecule has 0 bridgehead atoms. The number of carboxylic acids is 1. The number of nitrogens with zero attached hydrogens (tertiary/aromatic N) is 1. The second-order valence-corrected chi connectivity index (χ2v) is 7.23. The van der Waals surface area contributed by atoms with Crippen molar-refractivity contribution in [2.24, 2.45) is 11.8 Å². The van der Waals surface area contributed by atoms with Crippen molar-refractivity contribution >= 4 is 12.1 Å². The Kier molecular flexibility index (Phi) is 9.78. The van der Waals surface area contributed by atoms with Gasteiger partial charge >= 0.3 is 12.1 Å². The number of rotatable bonds is 11. The molecule has 1 unspecified atom stereocenters. The normalized spacial score (nSPS) is 12.0. The Hall–Kier alpha value is -2.04. The summed E-state index contributed by atoms with van der Waals surface area (Å²) >= 11 is 0. The molecular weight excluding hydrogens is 330 g/mol. The van der Waals surface area contributed by atoms with Gasteiger partial charge < -0.3 is 14.7 Å². The van der Waals surface area contributed by atoms with Crippen LogP contribution in [0.15, 0.2) is 24.3 Å². The lowest BCUT2D eigenvalue weighted by molar-refractivity contribution is 0.0686. The average molecular weight is 363 g/mol. The highest BCUT2D eigenvalue weighted by molar-refractivity contribution is 5.89. The van der Waals surface area contributed by atoms with E-state index in [0.717, 1.165) is 25.7 Å². The predicted octanol–water partition coefficient (Wildman–Crippen LogP) is 5.20. The van der Waals surface area contributed by atoms with Crippen LogP contribution in [-0.4, -0.2) is 35.2 Å². The fourth-order valence-corrected chi connectivity index (χ4v) is 2.83. The molecule has 0 aliphatic carbocycles. The first-order valence-corrected chi connectivity index (χ1v) is 9.61. The van der Waals surface area contributed by atoms with Gasteiger partial charge in [-0.1, -0.05) is 65.2 Å². The van der Waals surface area contributed by atoms with E-state index in [9.17, 15) is 14.7 Å². The first-order valence-electron chi connectivity index (χ1n) is 9.61. The molecule has 0 aliphatic rings. The smallest absolute Gasteiger partial charge is 0.410 e. The highest BCUT2D eigenvalue weighted by Gasteiger charge is 2.22. The SMILES string of the molecule is CCCCC(CC)CN(Cc1ccccc1C(=O)O)C(=O)OCC(C)C. The summed E-state index contributed by atoms with van der Waals surface area (Å²) in [5.41, 5.74) is 0.864. The lowest BCUT2D eigenvalue weighted by Gasteiger charge is -2.27. The molecule has 26 heavy (non-hydrogen) atoms. The van der Waals surface area contributed by atoms with Crippen LogP contribution < -0.4 is 0 Å². The van der Waals surface area contributed by atoms with Crippen LogP contribution >= 0.6 is 0 Å². The molecule has 0 fully saturated rings. The average Bonchev–Trinajstić information content (AvgIpc) is 2.62. The second kappa shape index (κ2) is 11.6. The lowest BCUT2D eigenvalue weighted by Crippen LogP contribution is -2.36. The van der Waals surface area contributed by atoms with Gasteiger partial charge in [0.1, 0.15) is 0 Å². The summed E-state index contributed by atoms with van der Waals surface area (Å²) in [4.78, 5) is 25.7. The highest BCUT2D eigenvalue weighted by Crippen LogP contribution is 2.19. The van der Waals surface area contributed by atoms with Crippen LogP contribution in [-0.2, 0) is 11.3 Å². The van der Waals surface area contributed by atoms with Gasteiger partial charge in [-0.2, -0.15) is 0 Å². The molecule has 0 heterocycles. The molecule has 1 N–H and O–H groups in total. The van der Waals surface area contributed by atoms with E-state index in [1.165, 1.54) is 0 Å². The summed E-state index contributed by atoms with van der Waals surface area (Å²) in [6.07, 6.45) is 3.92. The van der Waals surface area contributed by atoms with Gasteiger partial charge in [0.2, 0.25) is 0 Å². The second-order valence-electron chi connectivity index (χ2n) is 7.23. The number of unbranched alkanes of at least 4 members (excludes halogenated alkanes) is 1. The largest absolute Gasteiger partial charge is 0.478 e. The molecule has 1 amide bonds. The van der Waals surface area contributed by atoms with E-state index in [1.54, 1.807) is 29.2 Å². The summed E-state index contributed by atoms with van der Waals surface area (Å²) in [6, 6.07) is 6.83. The minimum absolute atomic E-state index is 0.232. The minimum atomic E-state index is -0.978. The molecule has 1 aromatic rings. The number of carbonyl (C=O) groups excluding carboxylic acids is 1. The molecule has 0 saturated heterocycles. The third kappa shape index (κ3) is 7.46. The van der Waals surface area contributed by atoms with Gasteiger partial charge in [0.25, 0.3) is 0 Å². The van der Waals surface area contributed by atoms with Crippen LogP contribution in [0.2, 0.25) is 0 Å². The van der Waals surface area contributed by atoms with Gasteiger partial charge in [-0.3, -0.25) is 0 Å². The Morgan fingerprint density at radius 3 is 2.46 bits per heavy atom. The number of carboxylic acid groups (broad SMARTS) is 1. The van der Waals surface area contributed by atoms with Crippen molar-refractivity contribution in [1.82, 2.24) is 4.90 Å². The molecule has 1 aromatic carbocycles. The number of hydrogen-bond acceptors (Lipinski definition) is 3. The van der Waals surface area contributed by atoms with Gasteiger partial charge in [-0.15, -0.1) is 0 Å². The Labute approximate surface area is 157 Å². The molecular formula is C21H33NO4. The maximum Gasteiger partial charge on any atom is 0.410 e. The van der Waals surface area contributed by atoms with Crippen LogP contribution in [0.3, 0.4) is 0 Å². The molecule has 1 rings (SSSR count). The van der Waals surface area contributed by atoms with E-state index >= 15 is 0 Å². The van der Waals surface area contributed by atoms with Gasteiger partial charge in [0.05, 0.1) is 12.2 Å². The first kappa shape index (κ1) is 22.0. The maximum atomic E-state index is 12.6. The van der Waals surface area contributed by atoms with Crippen molar-refractivity contribution in [1.29, 1.82) is 0 Å². The van der Waals surface area contributed by atoms with Crippen LogP contribution in [0.25, 0.3) is 0 Å². The van der Waals surface area contributed by atoms with Gasteiger partial charge in [0.15, 0.2) is 0 Å². The number of carbonyl (C=O) groups is 2. The molecule has 0 radical (unpaired) electrons. The Morgan fingerprint density at radius 1 is 1.19 bits per heavy atom. The molecule has 5 heteroatoms. The fraction of sp³-hybridized carbons (Fsp3) is 0.619. The topological polar surface area (TPSA) is 66.8 Å². The summed E-state index contributed by atoms with van der Waals surface area (Å²) in [5.74, 6) is -0.332. The molecule has 0 aromatic heterocycles. The number of ether oxygens (including phenoxy) is 1. The number of amides is 1. The fourth-order valence-electron chi connectivity index (χ4n) is 2.83. The van der Waals surface area contributed by atoms with E-state index in [4.69, 9.17) is 4.74 Å². The predicted molar refractivity (Wildman–Crippen MR) is 103 cm³/mol. The summed E-state index contributed by atoms with van der Waals surface area (Å²) in [5, 5.41) is 9.40. The standard InChI is InChI=1S/C21H33NO4/c1-5-7-10-17(6-2)13-22(21(25)26-15-16(3)4)14-18-11-8-9-12-19(18)20(23)24/h8-9,11-12,16-17H,5-7,10,13-15H2,1-4H3,(H,23,24). The quantitative estimate of drug-likeness (QED) is 0.587. The van der Waals surface area contributed by atoms with Gasteiger partial charge in [-0.05, 0) is 29.9 Å². The van der Waals surface area contributed by atoms with Crippen LogP contribution in [0.4, 0.5) is 4.79 Å². The number of hydrogen-bond donors (Lipinski definition) is 1. The Bertz CT molecular complexity index is 571. The third-order valence-electron chi connectivity index (χ3n) is 4.43. The zero-order valence-electron chi connectivity index (χ0n) is 16.5. The monoisotopic (exact) mass is 363 g/mol. The van der Waals surface area contributed by atoms with Crippen molar-refractivity contribution in [3.05, 3.63) is 35.4 Å². The summed E-state index contributed by atoms with van der Waals surface area (Å²) in [7, 11) is 0. The summed E-state index contributed by atoms with van der Waals surface area (Å²) < 4.78 is 5.43. The van der Waals surface area contributed by atoms with E-state index in [-0.39, 0.29) is 24.1 Å². The maximum absolute atomic E-state index is 12.6. The van der Waals surface area contributed by atoms with Crippen LogP contribution in [0, 0.1) is 11.8 Å². The molecule has 0 saturated carbocycles. The molecule has 0 aliphatic heterocycles. The van der Waals surface area contributed by atoms with E-state index in [2.05, 4.69) is 13.8 Å². The number of benzene rings is 1. The number of aromatic carboxylic acids is 1. The zero-order valence-corrected chi connectivity index (χ0v) is 16.5. The lowest BCUT2D eigenvalue weighted by atomic mass is 9.98. The molecule has 1 atom stereocenters. The van der Waals surface area contributed by atoms with Crippen molar-refractivity contribution < 1.29 is 19.4 Å². The molecule has 146 valence electrons. The Balaban J connectivity index is 2.96. The Morgan fingerprint density at radius 2 is 1.88 bits per heavy atom. The van der Waals surface area contributed by atoms with Crippen molar-refractivity contribution in [3.8, 4) is 0 Å². The molecule has 0 spiro atoms. The zero-order chi connectivity index (χ0) is 19.5. The van der Waals surface area contributed by atoms with Crippen molar-refractivity contribution in [2.75, 3.05) is 13.2 Å². The van der Waals surface area contributed by atoms with Gasteiger partial charge in [0, 0.05) is 13.1 Å². The van der Waals surface area contributed by atoms with E-state index in [1.807, 2.05) is 13.8 Å². The van der Waals surface area contributed by atoms with Crippen LogP contribution in [0.1, 0.15) is 69.3 Å². The minimum Gasteiger partial charge on any atom is -0.478 e. The third-order valence-corrected chi connectivity index (χ3v) is 4.43. The van der Waals surface area contributed by atoms with E-state index < -0.39 is 5.97 Å². The van der Waals surface area contributed by atoms with E-state index in [0.29, 0.717) is 24.6 Å². The van der Waals surface area contributed by atoms with Crippen LogP contribution in [0.5, 0.6) is 0 Å². The summed E-state index contributed by atoms with van der Waals surface area (Å²) in [6.45, 7) is 9.47. The van der Waals surface area contributed by atoms with Crippen molar-refractivity contribution in [2.45, 2.75) is 59.9 Å².